The molecule has 0 bridgehead atoms. The van der Waals surface area contributed by atoms with Crippen LogP contribution in [0.3, 0.4) is 0 Å². The van der Waals surface area contributed by atoms with Crippen LogP contribution >= 0.6 is 15.9 Å². The van der Waals surface area contributed by atoms with Gasteiger partial charge in [0.1, 0.15) is 0 Å². The Balaban J connectivity index is 3.18. The zero-order valence-electron chi connectivity index (χ0n) is 7.03. The number of nitro benzene ring substituents is 1. The zero-order chi connectivity index (χ0) is 9.84. The van der Waals surface area contributed by atoms with Crippen LogP contribution in [0.5, 0.6) is 0 Å². The molecule has 1 aromatic carbocycles. The van der Waals surface area contributed by atoms with E-state index >= 15 is 0 Å². The standard InChI is InChI=1S/C9H8BrNO2/c1-7-2-3-8(4-5-10)6-9(7)11(12)13/h2-6H,1H3/b5-4+. The molecule has 1 rings (SSSR count). The fourth-order valence-corrected chi connectivity index (χ4v) is 1.30. The molecule has 1 aromatic rings. The average molecular weight is 242 g/mol. The second kappa shape index (κ2) is 4.18. The predicted molar refractivity (Wildman–Crippen MR) is 55.8 cm³/mol. The summed E-state index contributed by atoms with van der Waals surface area (Å²) in [6, 6.07) is 5.12. The lowest BCUT2D eigenvalue weighted by Crippen LogP contribution is -1.91. The molecular formula is C9H8BrNO2. The molecule has 0 saturated heterocycles. The summed E-state index contributed by atoms with van der Waals surface area (Å²) in [6.07, 6.45) is 1.76. The molecule has 0 aromatic heterocycles. The molecule has 0 unspecified atom stereocenters. The topological polar surface area (TPSA) is 43.1 Å². The third-order valence-corrected chi connectivity index (χ3v) is 1.95. The summed E-state index contributed by atoms with van der Waals surface area (Å²) in [5, 5.41) is 10.5. The summed E-state index contributed by atoms with van der Waals surface area (Å²) in [4.78, 5) is 11.8. The van der Waals surface area contributed by atoms with Crippen LogP contribution in [0.1, 0.15) is 11.1 Å². The highest BCUT2D eigenvalue weighted by Crippen LogP contribution is 2.20. The van der Waals surface area contributed by atoms with Crippen molar-refractivity contribution in [1.82, 2.24) is 0 Å². The lowest BCUT2D eigenvalue weighted by Gasteiger charge is -1.97. The van der Waals surface area contributed by atoms with Crippen molar-refractivity contribution in [2.45, 2.75) is 6.92 Å². The van der Waals surface area contributed by atoms with Crippen LogP contribution in [0, 0.1) is 17.0 Å². The molecule has 0 heterocycles. The Labute approximate surface area is 84.4 Å². The van der Waals surface area contributed by atoms with E-state index < -0.39 is 0 Å². The largest absolute Gasteiger partial charge is 0.272 e. The second-order valence-electron chi connectivity index (χ2n) is 2.60. The van der Waals surface area contributed by atoms with Gasteiger partial charge in [-0.3, -0.25) is 10.1 Å². The lowest BCUT2D eigenvalue weighted by molar-refractivity contribution is -0.385. The van der Waals surface area contributed by atoms with E-state index in [1.165, 1.54) is 0 Å². The van der Waals surface area contributed by atoms with E-state index in [0.29, 0.717) is 5.56 Å². The molecule has 0 aliphatic rings. The third-order valence-electron chi connectivity index (χ3n) is 1.69. The molecule has 3 nitrogen and oxygen atoms in total. The SMILES string of the molecule is Cc1ccc(/C=C/Br)cc1[N+](=O)[O-]. The first-order chi connectivity index (χ1) is 6.15. The molecule has 0 aliphatic heterocycles. The van der Waals surface area contributed by atoms with E-state index in [0.717, 1.165) is 5.56 Å². The monoisotopic (exact) mass is 241 g/mol. The summed E-state index contributed by atoms with van der Waals surface area (Å²) < 4.78 is 0. The van der Waals surface area contributed by atoms with Gasteiger partial charge in [-0.25, -0.2) is 0 Å². The molecule has 0 amide bonds. The molecule has 0 aliphatic carbocycles. The highest BCUT2D eigenvalue weighted by molar-refractivity contribution is 9.11. The van der Waals surface area contributed by atoms with Crippen LogP contribution < -0.4 is 0 Å². The summed E-state index contributed by atoms with van der Waals surface area (Å²) in [6.45, 7) is 1.72. The van der Waals surface area contributed by atoms with Crippen LogP contribution in [0.25, 0.3) is 6.08 Å². The fourth-order valence-electron chi connectivity index (χ4n) is 1.000. The fraction of sp³-hybridized carbons (Fsp3) is 0.111. The number of hydrogen-bond acceptors (Lipinski definition) is 2. The van der Waals surface area contributed by atoms with Gasteiger partial charge in [-0.05, 0) is 23.5 Å². The molecule has 0 N–H and O–H groups in total. The van der Waals surface area contributed by atoms with Gasteiger partial charge in [0.25, 0.3) is 5.69 Å². The maximum absolute atomic E-state index is 10.5. The predicted octanol–water partition coefficient (Wildman–Crippen LogP) is 3.27. The zero-order valence-corrected chi connectivity index (χ0v) is 8.61. The maximum Gasteiger partial charge on any atom is 0.272 e. The van der Waals surface area contributed by atoms with Gasteiger partial charge in [0.15, 0.2) is 0 Å². The van der Waals surface area contributed by atoms with E-state index in [1.54, 1.807) is 30.1 Å². The summed E-state index contributed by atoms with van der Waals surface area (Å²) >= 11 is 3.12. The normalized spacial score (nSPS) is 10.6. The summed E-state index contributed by atoms with van der Waals surface area (Å²) in [5.74, 6) is 0. The number of rotatable bonds is 2. The maximum atomic E-state index is 10.5. The highest BCUT2D eigenvalue weighted by atomic mass is 79.9. The molecule has 0 radical (unpaired) electrons. The second-order valence-corrected chi connectivity index (χ2v) is 3.12. The van der Waals surface area contributed by atoms with Gasteiger partial charge in [0.05, 0.1) is 4.92 Å². The smallest absolute Gasteiger partial charge is 0.258 e. The van der Waals surface area contributed by atoms with Gasteiger partial charge in [0, 0.05) is 11.6 Å². The average Bonchev–Trinajstić information content (AvgIpc) is 2.08. The van der Waals surface area contributed by atoms with Crippen molar-refractivity contribution in [2.75, 3.05) is 0 Å². The van der Waals surface area contributed by atoms with Crippen molar-refractivity contribution < 1.29 is 4.92 Å². The van der Waals surface area contributed by atoms with Crippen LogP contribution in [0.2, 0.25) is 0 Å². The van der Waals surface area contributed by atoms with Gasteiger partial charge in [0.2, 0.25) is 0 Å². The van der Waals surface area contributed by atoms with Crippen molar-refractivity contribution in [3.8, 4) is 0 Å². The minimum Gasteiger partial charge on any atom is -0.258 e. The van der Waals surface area contributed by atoms with E-state index in [9.17, 15) is 10.1 Å². The van der Waals surface area contributed by atoms with Gasteiger partial charge < -0.3 is 0 Å². The Bertz CT molecular complexity index is 361. The van der Waals surface area contributed by atoms with E-state index in [-0.39, 0.29) is 10.6 Å². The van der Waals surface area contributed by atoms with Crippen molar-refractivity contribution in [3.63, 3.8) is 0 Å². The van der Waals surface area contributed by atoms with Crippen molar-refractivity contribution >= 4 is 27.7 Å². The molecule has 0 fully saturated rings. The van der Waals surface area contributed by atoms with Crippen molar-refractivity contribution in [2.24, 2.45) is 0 Å². The lowest BCUT2D eigenvalue weighted by atomic mass is 10.1. The third kappa shape index (κ3) is 2.39. The number of halogens is 1. The molecular weight excluding hydrogens is 234 g/mol. The van der Waals surface area contributed by atoms with E-state index in [4.69, 9.17) is 0 Å². The number of benzene rings is 1. The van der Waals surface area contributed by atoms with Gasteiger partial charge in [-0.15, -0.1) is 0 Å². The van der Waals surface area contributed by atoms with Crippen LogP contribution in [0.4, 0.5) is 5.69 Å². The summed E-state index contributed by atoms with van der Waals surface area (Å²) in [5.41, 5.74) is 1.65. The quantitative estimate of drug-likeness (QED) is 0.590. The van der Waals surface area contributed by atoms with E-state index in [2.05, 4.69) is 15.9 Å². The Hall–Kier alpha value is -1.16. The van der Waals surface area contributed by atoms with Crippen LogP contribution in [-0.2, 0) is 0 Å². The first kappa shape index (κ1) is 9.92. The van der Waals surface area contributed by atoms with Crippen molar-refractivity contribution in [1.29, 1.82) is 0 Å². The minimum absolute atomic E-state index is 0.156. The molecule has 0 saturated carbocycles. The van der Waals surface area contributed by atoms with Crippen molar-refractivity contribution in [3.05, 3.63) is 44.4 Å². The summed E-state index contributed by atoms with van der Waals surface area (Å²) in [7, 11) is 0. The van der Waals surface area contributed by atoms with Gasteiger partial charge in [-0.1, -0.05) is 28.1 Å². The molecule has 13 heavy (non-hydrogen) atoms. The molecule has 0 atom stereocenters. The van der Waals surface area contributed by atoms with E-state index in [1.807, 2.05) is 6.07 Å². The molecule has 0 spiro atoms. The first-order valence-electron chi connectivity index (χ1n) is 3.67. The van der Waals surface area contributed by atoms with Gasteiger partial charge >= 0.3 is 0 Å². The van der Waals surface area contributed by atoms with Gasteiger partial charge in [-0.2, -0.15) is 0 Å². The minimum atomic E-state index is -0.374. The number of nitro groups is 1. The van der Waals surface area contributed by atoms with Crippen LogP contribution in [0.15, 0.2) is 23.2 Å². The molecule has 4 heteroatoms. The Morgan fingerprint density at radius 3 is 2.77 bits per heavy atom. The molecule has 68 valence electrons. The Kier molecular flexibility index (Phi) is 3.19. The van der Waals surface area contributed by atoms with Crippen LogP contribution in [-0.4, -0.2) is 4.92 Å². The Morgan fingerprint density at radius 1 is 1.54 bits per heavy atom. The Morgan fingerprint density at radius 2 is 2.23 bits per heavy atom. The highest BCUT2D eigenvalue weighted by Gasteiger charge is 2.09. The number of hydrogen-bond donors (Lipinski definition) is 0. The number of aryl methyl sites for hydroxylation is 1. The first-order valence-corrected chi connectivity index (χ1v) is 4.58. The number of nitrogens with zero attached hydrogens (tertiary/aromatic N) is 1.